The van der Waals surface area contributed by atoms with Gasteiger partial charge in [-0.3, -0.25) is 4.79 Å². The standard InChI is InChI=1S/C24H30N4O6S/c1-6-33-19-10-7-17(8-11-19)24-25-22(34-26-24)16-28(4)23(29)14-9-18-15-20(12-13-21(18)32-5)35(30,31)27(2)3/h7-8,10-13,15H,6,9,14,16H2,1-5H3. The van der Waals surface area contributed by atoms with E-state index in [-0.39, 0.29) is 23.8 Å². The predicted octanol–water partition coefficient (Wildman–Crippen LogP) is 2.99. The van der Waals surface area contributed by atoms with Crippen molar-refractivity contribution >= 4 is 15.9 Å². The molecule has 0 radical (unpaired) electrons. The average Bonchev–Trinajstić information content (AvgIpc) is 3.31. The van der Waals surface area contributed by atoms with Gasteiger partial charge in [0.1, 0.15) is 11.5 Å². The van der Waals surface area contributed by atoms with E-state index in [1.807, 2.05) is 31.2 Å². The summed E-state index contributed by atoms with van der Waals surface area (Å²) in [7, 11) is 2.49. The lowest BCUT2D eigenvalue weighted by Crippen LogP contribution is -2.26. The zero-order valence-corrected chi connectivity index (χ0v) is 21.3. The summed E-state index contributed by atoms with van der Waals surface area (Å²) in [4.78, 5) is 18.8. The van der Waals surface area contributed by atoms with E-state index in [0.29, 0.717) is 36.1 Å². The van der Waals surface area contributed by atoms with Crippen molar-refractivity contribution < 1.29 is 27.2 Å². The van der Waals surface area contributed by atoms with Crippen molar-refractivity contribution in [2.45, 2.75) is 31.2 Å². The topological polar surface area (TPSA) is 115 Å². The van der Waals surface area contributed by atoms with Crippen molar-refractivity contribution in [3.63, 3.8) is 0 Å². The van der Waals surface area contributed by atoms with Crippen LogP contribution in [-0.2, 0) is 27.8 Å². The molecule has 0 unspecified atom stereocenters. The van der Waals surface area contributed by atoms with Gasteiger partial charge in [0.25, 0.3) is 0 Å². The number of carbonyl (C=O) groups excluding carboxylic acids is 1. The smallest absolute Gasteiger partial charge is 0.246 e. The molecule has 0 saturated heterocycles. The van der Waals surface area contributed by atoms with Gasteiger partial charge in [0.2, 0.25) is 27.6 Å². The van der Waals surface area contributed by atoms with Crippen molar-refractivity contribution in [1.82, 2.24) is 19.3 Å². The van der Waals surface area contributed by atoms with Gasteiger partial charge < -0.3 is 18.9 Å². The van der Waals surface area contributed by atoms with Crippen molar-refractivity contribution in [2.75, 3.05) is 34.9 Å². The number of aryl methyl sites for hydroxylation is 1. The fourth-order valence-corrected chi connectivity index (χ4v) is 4.30. The summed E-state index contributed by atoms with van der Waals surface area (Å²) in [6, 6.07) is 12.0. The second-order valence-electron chi connectivity index (χ2n) is 7.98. The number of rotatable bonds is 11. The van der Waals surface area contributed by atoms with E-state index < -0.39 is 10.0 Å². The number of amides is 1. The van der Waals surface area contributed by atoms with Gasteiger partial charge in [-0.15, -0.1) is 0 Å². The number of nitrogens with zero attached hydrogens (tertiary/aromatic N) is 4. The van der Waals surface area contributed by atoms with Crippen molar-refractivity contribution in [2.24, 2.45) is 0 Å². The van der Waals surface area contributed by atoms with Crippen molar-refractivity contribution in [3.05, 3.63) is 53.9 Å². The average molecular weight is 503 g/mol. The molecule has 2 aromatic carbocycles. The molecule has 10 nitrogen and oxygen atoms in total. The molecular formula is C24H30N4O6S. The summed E-state index contributed by atoms with van der Waals surface area (Å²) in [5.41, 5.74) is 1.41. The van der Waals surface area contributed by atoms with Crippen LogP contribution >= 0.6 is 0 Å². The molecule has 0 atom stereocenters. The Bertz CT molecular complexity index is 1260. The molecule has 0 bridgehead atoms. The normalized spacial score (nSPS) is 11.5. The highest BCUT2D eigenvalue weighted by atomic mass is 32.2. The van der Waals surface area contributed by atoms with Gasteiger partial charge >= 0.3 is 0 Å². The maximum Gasteiger partial charge on any atom is 0.246 e. The molecule has 35 heavy (non-hydrogen) atoms. The van der Waals surface area contributed by atoms with Gasteiger partial charge in [-0.05, 0) is 61.4 Å². The van der Waals surface area contributed by atoms with E-state index in [2.05, 4.69) is 10.1 Å². The van der Waals surface area contributed by atoms with Gasteiger partial charge in [-0.25, -0.2) is 12.7 Å². The number of sulfonamides is 1. The highest BCUT2D eigenvalue weighted by molar-refractivity contribution is 7.89. The molecule has 0 spiro atoms. The number of hydrogen-bond donors (Lipinski definition) is 0. The second kappa shape index (κ2) is 11.3. The second-order valence-corrected chi connectivity index (χ2v) is 10.1. The lowest BCUT2D eigenvalue weighted by atomic mass is 10.1. The van der Waals surface area contributed by atoms with Crippen LogP contribution in [0.4, 0.5) is 0 Å². The SMILES string of the molecule is CCOc1ccc(-c2noc(CN(C)C(=O)CCc3cc(S(=O)(=O)N(C)C)ccc3OC)n2)cc1. The highest BCUT2D eigenvalue weighted by Crippen LogP contribution is 2.25. The lowest BCUT2D eigenvalue weighted by molar-refractivity contribution is -0.130. The fourth-order valence-electron chi connectivity index (χ4n) is 3.35. The van der Waals surface area contributed by atoms with Crippen LogP contribution in [0.25, 0.3) is 11.4 Å². The summed E-state index contributed by atoms with van der Waals surface area (Å²) < 4.78 is 42.2. The largest absolute Gasteiger partial charge is 0.496 e. The summed E-state index contributed by atoms with van der Waals surface area (Å²) in [5.74, 6) is 1.85. The minimum Gasteiger partial charge on any atom is -0.496 e. The Kier molecular flexibility index (Phi) is 8.47. The van der Waals surface area contributed by atoms with E-state index in [1.54, 1.807) is 19.2 Å². The van der Waals surface area contributed by atoms with Crippen LogP contribution in [0, 0.1) is 0 Å². The van der Waals surface area contributed by atoms with Crippen LogP contribution < -0.4 is 9.47 Å². The Morgan fingerprint density at radius 2 is 1.80 bits per heavy atom. The van der Waals surface area contributed by atoms with Crippen LogP contribution in [0.2, 0.25) is 0 Å². The molecule has 0 aliphatic heterocycles. The van der Waals surface area contributed by atoms with Gasteiger partial charge in [-0.2, -0.15) is 4.98 Å². The number of benzene rings is 2. The third-order valence-corrected chi connectivity index (χ3v) is 7.14. The molecule has 3 aromatic rings. The maximum atomic E-state index is 12.7. The first-order valence-electron chi connectivity index (χ1n) is 11.0. The molecule has 1 aromatic heterocycles. The maximum absolute atomic E-state index is 12.7. The number of ether oxygens (including phenoxy) is 2. The zero-order chi connectivity index (χ0) is 25.6. The van der Waals surface area contributed by atoms with Crippen molar-refractivity contribution in [3.8, 4) is 22.9 Å². The van der Waals surface area contributed by atoms with E-state index >= 15 is 0 Å². The van der Waals surface area contributed by atoms with Gasteiger partial charge in [0, 0.05) is 33.1 Å². The van der Waals surface area contributed by atoms with E-state index in [9.17, 15) is 13.2 Å². The first kappa shape index (κ1) is 26.2. The molecule has 0 aliphatic carbocycles. The highest BCUT2D eigenvalue weighted by Gasteiger charge is 2.20. The third kappa shape index (κ3) is 6.37. The predicted molar refractivity (Wildman–Crippen MR) is 130 cm³/mol. The Morgan fingerprint density at radius 3 is 2.43 bits per heavy atom. The number of hydrogen-bond acceptors (Lipinski definition) is 8. The van der Waals surface area contributed by atoms with Gasteiger partial charge in [0.15, 0.2) is 0 Å². The van der Waals surface area contributed by atoms with Crippen LogP contribution in [0.15, 0.2) is 51.9 Å². The summed E-state index contributed by atoms with van der Waals surface area (Å²) in [6.07, 6.45) is 0.461. The fraction of sp³-hybridized carbons (Fsp3) is 0.375. The quantitative estimate of drug-likeness (QED) is 0.393. The molecule has 1 heterocycles. The van der Waals surface area contributed by atoms with E-state index in [1.165, 1.54) is 32.2 Å². The number of methoxy groups -OCH3 is 1. The number of aromatic nitrogens is 2. The Hall–Kier alpha value is -3.44. The number of carbonyl (C=O) groups is 1. The Morgan fingerprint density at radius 1 is 1.09 bits per heavy atom. The summed E-state index contributed by atoms with van der Waals surface area (Å²) in [6.45, 7) is 2.65. The molecule has 3 rings (SSSR count). The van der Waals surface area contributed by atoms with Gasteiger partial charge in [0.05, 0.1) is 25.2 Å². The van der Waals surface area contributed by atoms with E-state index in [0.717, 1.165) is 15.6 Å². The Labute approximate surface area is 205 Å². The summed E-state index contributed by atoms with van der Waals surface area (Å²) in [5, 5.41) is 4.00. The molecule has 0 aliphatic rings. The zero-order valence-electron chi connectivity index (χ0n) is 20.5. The Balaban J connectivity index is 1.63. The van der Waals surface area contributed by atoms with Crippen LogP contribution in [0.3, 0.4) is 0 Å². The van der Waals surface area contributed by atoms with Crippen LogP contribution in [-0.4, -0.2) is 68.5 Å². The molecule has 188 valence electrons. The molecule has 0 fully saturated rings. The minimum atomic E-state index is -3.60. The lowest BCUT2D eigenvalue weighted by Gasteiger charge is -2.17. The van der Waals surface area contributed by atoms with Gasteiger partial charge in [-0.1, -0.05) is 5.16 Å². The third-order valence-electron chi connectivity index (χ3n) is 5.33. The molecule has 1 amide bonds. The minimum absolute atomic E-state index is 0.145. The van der Waals surface area contributed by atoms with Crippen LogP contribution in [0.1, 0.15) is 24.8 Å². The first-order chi connectivity index (χ1) is 16.6. The molecule has 0 saturated carbocycles. The van der Waals surface area contributed by atoms with E-state index in [4.69, 9.17) is 14.0 Å². The summed E-state index contributed by atoms with van der Waals surface area (Å²) >= 11 is 0. The molecular weight excluding hydrogens is 472 g/mol. The van der Waals surface area contributed by atoms with Crippen molar-refractivity contribution in [1.29, 1.82) is 0 Å². The van der Waals surface area contributed by atoms with Crippen LogP contribution in [0.5, 0.6) is 11.5 Å². The monoisotopic (exact) mass is 502 g/mol. The molecule has 11 heteroatoms. The molecule has 0 N–H and O–H groups in total. The first-order valence-corrected chi connectivity index (χ1v) is 12.5.